The van der Waals surface area contributed by atoms with Gasteiger partial charge < -0.3 is 4.74 Å². The molecule has 0 N–H and O–H groups in total. The van der Waals surface area contributed by atoms with Crippen molar-refractivity contribution in [1.29, 1.82) is 0 Å². The Bertz CT molecular complexity index is 809. The minimum atomic E-state index is -0.427. The van der Waals surface area contributed by atoms with Crippen LogP contribution in [0.5, 0.6) is 5.88 Å². The predicted octanol–water partition coefficient (Wildman–Crippen LogP) is 4.32. The normalized spacial score (nSPS) is 11.4. The van der Waals surface area contributed by atoms with E-state index in [-0.39, 0.29) is 18.1 Å². The summed E-state index contributed by atoms with van der Waals surface area (Å²) in [5.74, 6) is -0.0604. The van der Waals surface area contributed by atoms with Gasteiger partial charge >= 0.3 is 5.97 Å². The van der Waals surface area contributed by atoms with Crippen molar-refractivity contribution in [3.8, 4) is 5.88 Å². The van der Waals surface area contributed by atoms with Crippen molar-refractivity contribution in [1.82, 2.24) is 9.78 Å². The molecule has 0 saturated heterocycles. The van der Waals surface area contributed by atoms with Crippen molar-refractivity contribution in [2.24, 2.45) is 0 Å². The predicted molar refractivity (Wildman–Crippen MR) is 95.1 cm³/mol. The molecule has 2 rings (SSSR count). The highest BCUT2D eigenvalue weighted by Crippen LogP contribution is 2.42. The summed E-state index contributed by atoms with van der Waals surface area (Å²) in [5.41, 5.74) is 0.246. The van der Waals surface area contributed by atoms with Gasteiger partial charge in [0.25, 0.3) is 5.69 Å². The Hall–Kier alpha value is -2.35. The van der Waals surface area contributed by atoms with Crippen molar-refractivity contribution in [2.75, 3.05) is 0 Å². The first-order chi connectivity index (χ1) is 11.6. The van der Waals surface area contributed by atoms with E-state index in [2.05, 4.69) is 5.10 Å². The molecule has 2 aromatic rings. The van der Waals surface area contributed by atoms with Crippen LogP contribution < -0.4 is 4.74 Å². The zero-order valence-electron chi connectivity index (χ0n) is 14.9. The fraction of sp³-hybridized carbons (Fsp3) is 0.412. The third kappa shape index (κ3) is 4.19. The Balaban J connectivity index is 2.56. The van der Waals surface area contributed by atoms with Crippen molar-refractivity contribution < 1.29 is 14.5 Å². The molecule has 0 aliphatic rings. The summed E-state index contributed by atoms with van der Waals surface area (Å²) < 4.78 is 7.16. The summed E-state index contributed by atoms with van der Waals surface area (Å²) in [5, 5.41) is 15.7. The van der Waals surface area contributed by atoms with Crippen LogP contribution in [-0.2, 0) is 10.3 Å². The fourth-order valence-electron chi connectivity index (χ4n) is 2.14. The highest BCUT2D eigenvalue weighted by Gasteiger charge is 2.28. The number of carbonyl (C=O) groups excluding carboxylic acids is 1. The maximum absolute atomic E-state index is 11.9. The lowest BCUT2D eigenvalue weighted by atomic mass is 10.1. The molecule has 7 nitrogen and oxygen atoms in total. The molecule has 0 saturated carbocycles. The minimum absolute atomic E-state index is 0.00294. The van der Waals surface area contributed by atoms with E-state index in [0.29, 0.717) is 21.4 Å². The van der Waals surface area contributed by atoms with Crippen LogP contribution in [-0.4, -0.2) is 20.7 Å². The van der Waals surface area contributed by atoms with Crippen molar-refractivity contribution in [3.63, 3.8) is 0 Å². The largest absolute Gasteiger partial charge is 0.406 e. The second-order valence-corrected chi connectivity index (χ2v) is 7.51. The molecule has 1 heterocycles. The average Bonchev–Trinajstić information content (AvgIpc) is 2.84. The zero-order valence-corrected chi connectivity index (χ0v) is 15.7. The Kier molecular flexibility index (Phi) is 5.52. The first-order valence-corrected chi connectivity index (χ1v) is 8.68. The highest BCUT2D eigenvalue weighted by atomic mass is 32.2. The van der Waals surface area contributed by atoms with Crippen molar-refractivity contribution in [3.05, 3.63) is 40.1 Å². The molecule has 134 valence electrons. The number of aryl methyl sites for hydroxylation is 1. The monoisotopic (exact) mass is 363 g/mol. The zero-order chi connectivity index (χ0) is 18.8. The summed E-state index contributed by atoms with van der Waals surface area (Å²) in [7, 11) is 0. The number of carbonyl (C=O) groups is 1. The van der Waals surface area contributed by atoms with Gasteiger partial charge in [0.05, 0.1) is 25.9 Å². The van der Waals surface area contributed by atoms with Crippen LogP contribution in [0.4, 0.5) is 5.69 Å². The molecule has 8 heteroatoms. The number of nitrogens with zero attached hydrogens (tertiary/aromatic N) is 3. The molecule has 0 aliphatic heterocycles. The lowest BCUT2D eigenvalue weighted by Gasteiger charge is -2.21. The molecule has 0 radical (unpaired) electrons. The molecule has 1 aromatic heterocycles. The van der Waals surface area contributed by atoms with Crippen LogP contribution in [0.3, 0.4) is 0 Å². The van der Waals surface area contributed by atoms with E-state index in [0.717, 1.165) is 0 Å². The standard InChI is InChI=1S/C17H21N3O4S/c1-6-14(21)24-16-15(11(2)18-19(16)17(3,4)5)25-13-10-8-7-9-12(13)20(22)23/h7-10H,6H2,1-5H3. The lowest BCUT2D eigenvalue weighted by molar-refractivity contribution is -0.387. The summed E-state index contributed by atoms with van der Waals surface area (Å²) in [6.07, 6.45) is 0.226. The first kappa shape index (κ1) is 19.0. The number of para-hydroxylation sites is 1. The Labute approximate surface area is 150 Å². The molecule has 25 heavy (non-hydrogen) atoms. The summed E-state index contributed by atoms with van der Waals surface area (Å²) in [6, 6.07) is 6.47. The van der Waals surface area contributed by atoms with E-state index in [9.17, 15) is 14.9 Å². The van der Waals surface area contributed by atoms with Crippen LogP contribution in [0.15, 0.2) is 34.1 Å². The topological polar surface area (TPSA) is 87.3 Å². The van der Waals surface area contributed by atoms with Crippen molar-refractivity contribution in [2.45, 2.75) is 56.4 Å². The second-order valence-electron chi connectivity index (χ2n) is 6.46. The summed E-state index contributed by atoms with van der Waals surface area (Å²) in [4.78, 5) is 23.8. The molecule has 0 amide bonds. The van der Waals surface area contributed by atoms with Gasteiger partial charge in [-0.05, 0) is 33.8 Å². The SMILES string of the molecule is CCC(=O)Oc1c(Sc2ccccc2[N+](=O)[O-])c(C)nn1C(C)(C)C. The third-order valence-corrected chi connectivity index (χ3v) is 4.61. The maximum Gasteiger partial charge on any atom is 0.312 e. The quantitative estimate of drug-likeness (QED) is 0.446. The Morgan fingerprint density at radius 1 is 1.36 bits per heavy atom. The smallest absolute Gasteiger partial charge is 0.312 e. The number of esters is 1. The number of rotatable bonds is 5. The molecular weight excluding hydrogens is 342 g/mol. The number of hydrogen-bond acceptors (Lipinski definition) is 6. The number of benzene rings is 1. The van der Waals surface area contributed by atoms with Crippen LogP contribution in [0.25, 0.3) is 0 Å². The van der Waals surface area contributed by atoms with E-state index >= 15 is 0 Å². The molecule has 0 atom stereocenters. The molecule has 1 aromatic carbocycles. The van der Waals surface area contributed by atoms with Gasteiger partial charge in [0.2, 0.25) is 5.88 Å². The van der Waals surface area contributed by atoms with E-state index in [4.69, 9.17) is 4.74 Å². The summed E-state index contributed by atoms with van der Waals surface area (Å²) in [6.45, 7) is 9.34. The van der Waals surface area contributed by atoms with Gasteiger partial charge in [-0.25, -0.2) is 4.68 Å². The molecule has 0 bridgehead atoms. The first-order valence-electron chi connectivity index (χ1n) is 7.87. The number of ether oxygens (including phenoxy) is 1. The van der Waals surface area contributed by atoms with E-state index < -0.39 is 10.5 Å². The lowest BCUT2D eigenvalue weighted by Crippen LogP contribution is -2.25. The van der Waals surface area contributed by atoms with E-state index in [1.165, 1.54) is 17.8 Å². The number of hydrogen-bond donors (Lipinski definition) is 0. The van der Waals surface area contributed by atoms with Crippen LogP contribution in [0.1, 0.15) is 39.8 Å². The Morgan fingerprint density at radius 3 is 2.56 bits per heavy atom. The van der Waals surface area contributed by atoms with Crippen LogP contribution >= 0.6 is 11.8 Å². The van der Waals surface area contributed by atoms with Crippen LogP contribution in [0.2, 0.25) is 0 Å². The van der Waals surface area contributed by atoms with Crippen molar-refractivity contribution >= 4 is 23.4 Å². The van der Waals surface area contributed by atoms with Gasteiger partial charge in [0.15, 0.2) is 0 Å². The number of aromatic nitrogens is 2. The minimum Gasteiger partial charge on any atom is -0.406 e. The Morgan fingerprint density at radius 2 is 2.00 bits per heavy atom. The highest BCUT2D eigenvalue weighted by molar-refractivity contribution is 7.99. The molecular formula is C17H21N3O4S. The van der Waals surface area contributed by atoms with Gasteiger partial charge in [0, 0.05) is 12.5 Å². The number of nitro groups is 1. The maximum atomic E-state index is 11.9. The van der Waals surface area contributed by atoms with Gasteiger partial charge in [-0.2, -0.15) is 5.10 Å². The molecule has 0 spiro atoms. The van der Waals surface area contributed by atoms with Gasteiger partial charge in [-0.3, -0.25) is 14.9 Å². The van der Waals surface area contributed by atoms with Gasteiger partial charge in [0.1, 0.15) is 0 Å². The molecule has 0 aliphatic carbocycles. The fourth-order valence-corrected chi connectivity index (χ4v) is 3.16. The van der Waals surface area contributed by atoms with Gasteiger partial charge in [-0.15, -0.1) is 0 Å². The summed E-state index contributed by atoms with van der Waals surface area (Å²) >= 11 is 1.18. The van der Waals surface area contributed by atoms with E-state index in [1.807, 2.05) is 20.8 Å². The molecule has 0 fully saturated rings. The average molecular weight is 363 g/mol. The number of nitro benzene ring substituents is 1. The van der Waals surface area contributed by atoms with E-state index in [1.54, 1.807) is 36.7 Å². The second kappa shape index (κ2) is 7.26. The molecule has 0 unspecified atom stereocenters. The van der Waals surface area contributed by atoms with Crippen LogP contribution in [0, 0.1) is 17.0 Å². The third-order valence-electron chi connectivity index (χ3n) is 3.37. The van der Waals surface area contributed by atoms with Gasteiger partial charge in [-0.1, -0.05) is 30.8 Å².